The van der Waals surface area contributed by atoms with Gasteiger partial charge in [-0.1, -0.05) is 17.3 Å². The van der Waals surface area contributed by atoms with Crippen LogP contribution in [0.15, 0.2) is 65.2 Å². The Morgan fingerprint density at radius 2 is 1.32 bits per heavy atom. The molecule has 0 atom stereocenters. The van der Waals surface area contributed by atoms with Crippen molar-refractivity contribution >= 4 is 10.0 Å². The third-order valence-electron chi connectivity index (χ3n) is 6.71. The maximum Gasteiger partial charge on any atom is 0.249 e. The number of benzene rings is 3. The summed E-state index contributed by atoms with van der Waals surface area (Å²) in [5, 5.41) is 3.96. The topological polar surface area (TPSA) is 113 Å². The van der Waals surface area contributed by atoms with Crippen molar-refractivity contribution < 1.29 is 36.3 Å². The molecular weight excluding hydrogens is 553 g/mol. The van der Waals surface area contributed by atoms with Crippen molar-refractivity contribution in [2.75, 3.05) is 28.4 Å². The van der Waals surface area contributed by atoms with Crippen LogP contribution in [0.3, 0.4) is 0 Å². The summed E-state index contributed by atoms with van der Waals surface area (Å²) in [6.45, 7) is 2.89. The first-order valence-electron chi connectivity index (χ1n) is 12.6. The van der Waals surface area contributed by atoms with Gasteiger partial charge in [0.2, 0.25) is 21.7 Å². The minimum atomic E-state index is -4.20. The van der Waals surface area contributed by atoms with Gasteiger partial charge in [0.1, 0.15) is 28.8 Å². The number of hydrogen-bond donors (Lipinski definition) is 0. The molecule has 3 aromatic carbocycles. The molecule has 0 spiro atoms. The zero-order valence-electron chi connectivity index (χ0n) is 23.7. The van der Waals surface area contributed by atoms with E-state index in [1.807, 2.05) is 0 Å². The molecule has 0 amide bonds. The van der Waals surface area contributed by atoms with Crippen molar-refractivity contribution in [3.8, 4) is 34.4 Å². The van der Waals surface area contributed by atoms with Gasteiger partial charge in [-0.3, -0.25) is 0 Å². The average molecular weight is 586 g/mol. The van der Waals surface area contributed by atoms with E-state index in [1.54, 1.807) is 36.4 Å². The third kappa shape index (κ3) is 6.13. The number of aromatic nitrogens is 2. The lowest BCUT2D eigenvalue weighted by atomic mass is 10.1. The van der Waals surface area contributed by atoms with Crippen molar-refractivity contribution in [3.05, 3.63) is 83.5 Å². The molecule has 0 saturated heterocycles. The number of methoxy groups -OCH3 is 4. The van der Waals surface area contributed by atoms with Crippen LogP contribution in [0.5, 0.6) is 23.0 Å². The zero-order valence-corrected chi connectivity index (χ0v) is 24.5. The van der Waals surface area contributed by atoms with Gasteiger partial charge >= 0.3 is 0 Å². The lowest BCUT2D eigenvalue weighted by Gasteiger charge is -2.31. The van der Waals surface area contributed by atoms with E-state index in [4.69, 9.17) is 23.5 Å². The molecule has 0 radical (unpaired) electrons. The van der Waals surface area contributed by atoms with Crippen molar-refractivity contribution in [2.45, 2.75) is 31.7 Å². The molecule has 0 aliphatic rings. The highest BCUT2D eigenvalue weighted by molar-refractivity contribution is 7.90. The Morgan fingerprint density at radius 3 is 1.78 bits per heavy atom. The fraction of sp³-hybridized carbons (Fsp3) is 0.310. The second kappa shape index (κ2) is 12.1. The van der Waals surface area contributed by atoms with Gasteiger partial charge in [-0.2, -0.15) is 9.29 Å². The molecule has 1 heterocycles. The number of sulfonamides is 1. The van der Waals surface area contributed by atoms with Gasteiger partial charge in [-0.25, -0.2) is 12.8 Å². The zero-order chi connectivity index (χ0) is 29.8. The number of hydrogen-bond acceptors (Lipinski definition) is 9. The molecule has 10 nitrogen and oxygen atoms in total. The molecule has 0 N–H and O–H groups in total. The Bertz CT molecular complexity index is 1550. The van der Waals surface area contributed by atoms with Crippen LogP contribution in [-0.2, 0) is 27.9 Å². The Kier molecular flexibility index (Phi) is 8.83. The van der Waals surface area contributed by atoms with E-state index in [-0.39, 0.29) is 24.8 Å². The van der Waals surface area contributed by atoms with Crippen LogP contribution in [0.25, 0.3) is 11.4 Å². The Balaban J connectivity index is 1.77. The Labute approximate surface area is 238 Å². The molecule has 41 heavy (non-hydrogen) atoms. The normalized spacial score (nSPS) is 11.9. The summed E-state index contributed by atoms with van der Waals surface area (Å²) in [6, 6.07) is 15.8. The van der Waals surface area contributed by atoms with Gasteiger partial charge in [0, 0.05) is 41.9 Å². The fourth-order valence-electron chi connectivity index (χ4n) is 4.19. The molecule has 0 aliphatic carbocycles. The van der Waals surface area contributed by atoms with E-state index >= 15 is 0 Å². The summed E-state index contributed by atoms with van der Waals surface area (Å²) in [5.74, 6) is 1.65. The van der Waals surface area contributed by atoms with Crippen LogP contribution in [0, 0.1) is 5.82 Å². The molecule has 0 fully saturated rings. The summed E-state index contributed by atoms with van der Waals surface area (Å²) in [6.07, 6.45) is 0. The largest absolute Gasteiger partial charge is 0.497 e. The molecule has 12 heteroatoms. The molecule has 1 aromatic heterocycles. The van der Waals surface area contributed by atoms with Gasteiger partial charge in [0.05, 0.1) is 28.4 Å². The van der Waals surface area contributed by atoms with Gasteiger partial charge in [0.25, 0.3) is 0 Å². The fourth-order valence-corrected chi connectivity index (χ4v) is 5.76. The van der Waals surface area contributed by atoms with Crippen molar-refractivity contribution in [1.29, 1.82) is 0 Å². The maximum atomic E-state index is 14.4. The lowest BCUT2D eigenvalue weighted by molar-refractivity contribution is 0.320. The summed E-state index contributed by atoms with van der Waals surface area (Å²) in [5.41, 5.74) is 1.70. The van der Waals surface area contributed by atoms with Gasteiger partial charge in [0.15, 0.2) is 4.75 Å². The first kappa shape index (κ1) is 29.8. The summed E-state index contributed by atoms with van der Waals surface area (Å²) in [4.78, 5) is 4.37. The molecule has 0 bridgehead atoms. The Morgan fingerprint density at radius 1 is 0.805 bits per heavy atom. The molecule has 0 aliphatic heterocycles. The van der Waals surface area contributed by atoms with Crippen molar-refractivity contribution in [3.63, 3.8) is 0 Å². The second-order valence-corrected chi connectivity index (χ2v) is 12.1. The first-order chi connectivity index (χ1) is 19.5. The van der Waals surface area contributed by atoms with E-state index in [0.717, 1.165) is 0 Å². The van der Waals surface area contributed by atoms with Crippen molar-refractivity contribution in [1.82, 2.24) is 14.4 Å². The van der Waals surface area contributed by atoms with Crippen LogP contribution < -0.4 is 18.9 Å². The van der Waals surface area contributed by atoms with E-state index in [2.05, 4.69) is 10.1 Å². The minimum absolute atomic E-state index is 0.0485. The summed E-state index contributed by atoms with van der Waals surface area (Å²) >= 11 is 0. The van der Waals surface area contributed by atoms with Gasteiger partial charge in [-0.15, -0.1) is 0 Å². The molecule has 4 aromatic rings. The highest BCUT2D eigenvalue weighted by atomic mass is 32.2. The SMILES string of the molecule is COc1ccc(CN(Cc2ccc(OC)cc2OC)S(=O)(=O)C(C)(C)c2nc(-c3ccc(F)cc3)no2)c(OC)c1. The number of rotatable bonds is 12. The molecule has 0 unspecified atom stereocenters. The predicted molar refractivity (Wildman–Crippen MR) is 150 cm³/mol. The van der Waals surface area contributed by atoms with E-state index in [1.165, 1.54) is 70.9 Å². The van der Waals surface area contributed by atoms with Gasteiger partial charge in [-0.05, 0) is 50.2 Å². The molecule has 4 rings (SSSR count). The highest BCUT2D eigenvalue weighted by Gasteiger charge is 2.46. The number of halogens is 1. The first-order valence-corrected chi connectivity index (χ1v) is 14.0. The van der Waals surface area contributed by atoms with Crippen LogP contribution >= 0.6 is 0 Å². The molecular formula is C29H32FN3O7S. The maximum absolute atomic E-state index is 14.4. The van der Waals surface area contributed by atoms with Gasteiger partial charge < -0.3 is 23.5 Å². The van der Waals surface area contributed by atoms with E-state index < -0.39 is 20.6 Å². The second-order valence-electron chi connectivity index (χ2n) is 9.57. The number of ether oxygens (including phenoxy) is 4. The Hall–Kier alpha value is -4.16. The van der Waals surface area contributed by atoms with E-state index in [9.17, 15) is 12.8 Å². The third-order valence-corrected chi connectivity index (χ3v) is 9.11. The smallest absolute Gasteiger partial charge is 0.249 e. The van der Waals surface area contributed by atoms with Crippen molar-refractivity contribution in [2.24, 2.45) is 0 Å². The monoisotopic (exact) mass is 585 g/mol. The van der Waals surface area contributed by atoms with Crippen LogP contribution in [0.1, 0.15) is 30.9 Å². The average Bonchev–Trinajstić information content (AvgIpc) is 3.48. The predicted octanol–water partition coefficient (Wildman–Crippen LogP) is 5.18. The van der Waals surface area contributed by atoms with Crippen LogP contribution in [-0.4, -0.2) is 51.3 Å². The molecule has 0 saturated carbocycles. The molecule has 218 valence electrons. The summed E-state index contributed by atoms with van der Waals surface area (Å²) < 4.78 is 69.1. The van der Waals surface area contributed by atoms with Crippen LogP contribution in [0.2, 0.25) is 0 Å². The quantitative estimate of drug-likeness (QED) is 0.222. The minimum Gasteiger partial charge on any atom is -0.497 e. The van der Waals surface area contributed by atoms with Crippen LogP contribution in [0.4, 0.5) is 4.39 Å². The summed E-state index contributed by atoms with van der Waals surface area (Å²) in [7, 11) is 1.87. The highest BCUT2D eigenvalue weighted by Crippen LogP contribution is 2.37. The lowest BCUT2D eigenvalue weighted by Crippen LogP contribution is -2.42. The standard InChI is InChI=1S/C29H32FN3O7S/c1-29(2,28-31-27(32-40-28)19-7-11-22(30)12-8-19)41(34,35)33(17-20-9-13-23(36-3)15-25(20)38-5)18-21-10-14-24(37-4)16-26(21)39-6/h7-16H,17-18H2,1-6H3. The van der Waals surface area contributed by atoms with E-state index in [0.29, 0.717) is 39.7 Å². The number of nitrogens with zero attached hydrogens (tertiary/aromatic N) is 3.